The monoisotopic (exact) mass is 334 g/mol. The van der Waals surface area contributed by atoms with E-state index in [1.807, 2.05) is 24.3 Å². The SMILES string of the molecule is CCc1ccccc1-n1nnc(Sc2ncc([N+](=O)[O-])s2)n1. The fourth-order valence-electron chi connectivity index (χ4n) is 1.81. The first kappa shape index (κ1) is 14.6. The van der Waals surface area contributed by atoms with Gasteiger partial charge < -0.3 is 0 Å². The van der Waals surface area contributed by atoms with E-state index in [9.17, 15) is 10.1 Å². The van der Waals surface area contributed by atoms with E-state index in [0.717, 1.165) is 40.8 Å². The molecule has 2 aromatic heterocycles. The summed E-state index contributed by atoms with van der Waals surface area (Å²) in [6.07, 6.45) is 2.09. The summed E-state index contributed by atoms with van der Waals surface area (Å²) in [7, 11) is 0. The summed E-state index contributed by atoms with van der Waals surface area (Å²) in [6.45, 7) is 2.06. The van der Waals surface area contributed by atoms with Crippen LogP contribution in [-0.2, 0) is 6.42 Å². The van der Waals surface area contributed by atoms with Crippen LogP contribution in [0, 0.1) is 10.1 Å². The van der Waals surface area contributed by atoms with Crippen LogP contribution in [0.5, 0.6) is 0 Å². The number of aromatic nitrogens is 5. The van der Waals surface area contributed by atoms with Crippen molar-refractivity contribution < 1.29 is 4.92 Å². The Morgan fingerprint density at radius 3 is 2.95 bits per heavy atom. The van der Waals surface area contributed by atoms with Crippen LogP contribution >= 0.6 is 23.1 Å². The minimum absolute atomic E-state index is 0.00813. The average Bonchev–Trinajstić information content (AvgIpc) is 3.17. The maximum atomic E-state index is 10.6. The lowest BCUT2D eigenvalue weighted by molar-refractivity contribution is -0.380. The number of hydrogen-bond acceptors (Lipinski definition) is 8. The number of thiazole rings is 1. The molecule has 0 saturated carbocycles. The van der Waals surface area contributed by atoms with E-state index in [2.05, 4.69) is 27.3 Å². The lowest BCUT2D eigenvalue weighted by Crippen LogP contribution is -2.02. The second-order valence-corrected chi connectivity index (χ2v) is 6.39. The largest absolute Gasteiger partial charge is 0.344 e. The van der Waals surface area contributed by atoms with Gasteiger partial charge in [-0.05, 0) is 46.4 Å². The molecule has 112 valence electrons. The Morgan fingerprint density at radius 1 is 1.41 bits per heavy atom. The Labute approximate surface area is 133 Å². The van der Waals surface area contributed by atoms with E-state index in [4.69, 9.17) is 0 Å². The first-order valence-corrected chi connectivity index (χ1v) is 7.97. The highest BCUT2D eigenvalue weighted by Gasteiger charge is 2.15. The van der Waals surface area contributed by atoms with Crippen molar-refractivity contribution in [2.75, 3.05) is 0 Å². The van der Waals surface area contributed by atoms with Gasteiger partial charge >= 0.3 is 5.00 Å². The molecule has 1 aromatic carbocycles. The molecule has 0 aliphatic carbocycles. The van der Waals surface area contributed by atoms with Crippen LogP contribution in [0.1, 0.15) is 12.5 Å². The lowest BCUT2D eigenvalue weighted by atomic mass is 10.1. The third-order valence-corrected chi connectivity index (χ3v) is 4.68. The molecule has 0 radical (unpaired) electrons. The molecule has 0 aliphatic heterocycles. The van der Waals surface area contributed by atoms with Crippen molar-refractivity contribution in [3.8, 4) is 5.69 Å². The van der Waals surface area contributed by atoms with Gasteiger partial charge in [0.2, 0.25) is 5.16 Å². The smallest absolute Gasteiger partial charge is 0.257 e. The molecule has 0 unspecified atom stereocenters. The molecular formula is C12H10N6O2S2. The number of aryl methyl sites for hydroxylation is 1. The normalized spacial score (nSPS) is 10.8. The lowest BCUT2D eigenvalue weighted by Gasteiger charge is -2.04. The summed E-state index contributed by atoms with van der Waals surface area (Å²) in [6, 6.07) is 7.80. The molecule has 0 bridgehead atoms. The summed E-state index contributed by atoms with van der Waals surface area (Å²) >= 11 is 2.14. The van der Waals surface area contributed by atoms with Crippen molar-refractivity contribution in [3.63, 3.8) is 0 Å². The number of tetrazole rings is 1. The topological polar surface area (TPSA) is 99.6 Å². The number of nitrogens with zero attached hydrogens (tertiary/aromatic N) is 6. The quantitative estimate of drug-likeness (QED) is 0.522. The summed E-state index contributed by atoms with van der Waals surface area (Å²) < 4.78 is 0.509. The van der Waals surface area contributed by atoms with Crippen LogP contribution in [0.25, 0.3) is 5.69 Å². The standard InChI is InChI=1S/C12H10N6O2S2/c1-2-8-5-3-4-6-9(8)17-15-11(14-16-17)22-12-13-7-10(21-12)18(19)20/h3-7H,2H2,1H3. The van der Waals surface area contributed by atoms with Gasteiger partial charge in [0.15, 0.2) is 4.34 Å². The first-order chi connectivity index (χ1) is 10.7. The highest BCUT2D eigenvalue weighted by molar-refractivity contribution is 8.00. The molecule has 2 heterocycles. The van der Waals surface area contributed by atoms with E-state index in [1.165, 1.54) is 11.0 Å². The summed E-state index contributed by atoms with van der Waals surface area (Å²) in [4.78, 5) is 15.6. The minimum atomic E-state index is -0.469. The number of nitro groups is 1. The van der Waals surface area contributed by atoms with Gasteiger partial charge in [-0.2, -0.15) is 0 Å². The second-order valence-electron chi connectivity index (χ2n) is 4.17. The molecule has 3 rings (SSSR count). The van der Waals surface area contributed by atoms with E-state index < -0.39 is 4.92 Å². The van der Waals surface area contributed by atoms with Crippen molar-refractivity contribution >= 4 is 28.1 Å². The zero-order valence-corrected chi connectivity index (χ0v) is 13.0. The van der Waals surface area contributed by atoms with Gasteiger partial charge in [0, 0.05) is 0 Å². The fourth-order valence-corrected chi connectivity index (χ4v) is 3.38. The van der Waals surface area contributed by atoms with Crippen LogP contribution in [-0.4, -0.2) is 30.1 Å². The van der Waals surface area contributed by atoms with Crippen molar-refractivity contribution in [2.24, 2.45) is 0 Å². The predicted molar refractivity (Wildman–Crippen MR) is 81.4 cm³/mol. The Morgan fingerprint density at radius 2 is 2.23 bits per heavy atom. The fraction of sp³-hybridized carbons (Fsp3) is 0.167. The number of benzene rings is 1. The molecule has 3 aromatic rings. The Balaban J connectivity index is 1.82. The molecule has 0 fully saturated rings. The third-order valence-electron chi connectivity index (χ3n) is 2.81. The Hall–Kier alpha value is -2.33. The number of hydrogen-bond donors (Lipinski definition) is 0. The van der Waals surface area contributed by atoms with E-state index in [-0.39, 0.29) is 5.00 Å². The van der Waals surface area contributed by atoms with E-state index in [0.29, 0.717) is 9.50 Å². The molecular weight excluding hydrogens is 324 g/mol. The minimum Gasteiger partial charge on any atom is -0.257 e. The van der Waals surface area contributed by atoms with Gasteiger partial charge in [0.25, 0.3) is 0 Å². The van der Waals surface area contributed by atoms with E-state index in [1.54, 1.807) is 0 Å². The van der Waals surface area contributed by atoms with Crippen LogP contribution < -0.4 is 0 Å². The molecule has 0 N–H and O–H groups in total. The Bertz CT molecular complexity index is 815. The predicted octanol–water partition coefficient (Wildman–Crippen LogP) is 2.74. The van der Waals surface area contributed by atoms with Gasteiger partial charge in [0.05, 0.1) is 10.6 Å². The number of para-hydroxylation sites is 1. The molecule has 0 saturated heterocycles. The van der Waals surface area contributed by atoms with Gasteiger partial charge in [-0.15, -0.1) is 15.0 Å². The zero-order chi connectivity index (χ0) is 15.5. The summed E-state index contributed by atoms with van der Waals surface area (Å²) in [5.74, 6) is 0. The molecule has 8 nitrogen and oxygen atoms in total. The van der Waals surface area contributed by atoms with Crippen LogP contribution in [0.4, 0.5) is 5.00 Å². The van der Waals surface area contributed by atoms with Gasteiger partial charge in [0.1, 0.15) is 6.20 Å². The second kappa shape index (κ2) is 6.20. The molecule has 0 atom stereocenters. The van der Waals surface area contributed by atoms with Crippen molar-refractivity contribution in [1.29, 1.82) is 0 Å². The van der Waals surface area contributed by atoms with Crippen molar-refractivity contribution in [3.05, 3.63) is 46.1 Å². The van der Waals surface area contributed by atoms with Gasteiger partial charge in [-0.3, -0.25) is 10.1 Å². The maximum Gasteiger partial charge on any atom is 0.344 e. The molecule has 0 aliphatic rings. The highest BCUT2D eigenvalue weighted by Crippen LogP contribution is 2.32. The van der Waals surface area contributed by atoms with Gasteiger partial charge in [-0.25, -0.2) is 4.98 Å². The first-order valence-electron chi connectivity index (χ1n) is 6.33. The van der Waals surface area contributed by atoms with Crippen molar-refractivity contribution in [1.82, 2.24) is 25.2 Å². The van der Waals surface area contributed by atoms with Crippen LogP contribution in [0.2, 0.25) is 0 Å². The maximum absolute atomic E-state index is 10.6. The number of rotatable bonds is 5. The van der Waals surface area contributed by atoms with Crippen LogP contribution in [0.3, 0.4) is 0 Å². The summed E-state index contributed by atoms with van der Waals surface area (Å²) in [5, 5.41) is 23.3. The molecule has 0 spiro atoms. The molecule has 0 amide bonds. The third kappa shape index (κ3) is 2.97. The van der Waals surface area contributed by atoms with Crippen LogP contribution in [0.15, 0.2) is 40.0 Å². The zero-order valence-electron chi connectivity index (χ0n) is 11.4. The van der Waals surface area contributed by atoms with Gasteiger partial charge in [-0.1, -0.05) is 25.1 Å². The summed E-state index contributed by atoms with van der Waals surface area (Å²) in [5.41, 5.74) is 1.98. The van der Waals surface area contributed by atoms with Crippen molar-refractivity contribution in [2.45, 2.75) is 22.8 Å². The average molecular weight is 334 g/mol. The highest BCUT2D eigenvalue weighted by atomic mass is 32.2. The van der Waals surface area contributed by atoms with E-state index >= 15 is 0 Å². The molecule has 10 heteroatoms. The molecule has 22 heavy (non-hydrogen) atoms. The Kier molecular flexibility index (Phi) is 4.11.